The molecule has 0 spiro atoms. The summed E-state index contributed by atoms with van der Waals surface area (Å²) < 4.78 is 41.2. The minimum Gasteiger partial charge on any atom is -0.433 e. The van der Waals surface area contributed by atoms with Crippen LogP contribution in [0.5, 0.6) is 5.75 Å². The van der Waals surface area contributed by atoms with Crippen molar-refractivity contribution in [1.82, 2.24) is 0 Å². The zero-order chi connectivity index (χ0) is 12.8. The van der Waals surface area contributed by atoms with Crippen molar-refractivity contribution in [2.45, 2.75) is 12.7 Å². The summed E-state index contributed by atoms with van der Waals surface area (Å²) >= 11 is 5.36. The molecule has 1 aromatic carbocycles. The first kappa shape index (κ1) is 13.9. The van der Waals surface area contributed by atoms with Gasteiger partial charge in [-0.1, -0.05) is 0 Å². The van der Waals surface area contributed by atoms with E-state index in [1.807, 2.05) is 0 Å². The fourth-order valence-corrected chi connectivity index (χ4v) is 1.23. The Morgan fingerprint density at radius 2 is 2.12 bits per heavy atom. The van der Waals surface area contributed by atoms with Gasteiger partial charge in [-0.3, -0.25) is 0 Å². The third-order valence-corrected chi connectivity index (χ3v) is 2.22. The summed E-state index contributed by atoms with van der Waals surface area (Å²) in [5, 5.41) is 11.8. The van der Waals surface area contributed by atoms with Gasteiger partial charge in [0.05, 0.1) is 17.7 Å². The SMILES string of the molecule is OC(CCl)CNc1cc(F)ccc1OC(F)F. The summed E-state index contributed by atoms with van der Waals surface area (Å²) in [5.74, 6) is -0.814. The quantitative estimate of drug-likeness (QED) is 0.780. The fraction of sp³-hybridized carbons (Fsp3) is 0.400. The summed E-state index contributed by atoms with van der Waals surface area (Å²) in [5.41, 5.74) is 0.0365. The normalized spacial score (nSPS) is 12.6. The first-order valence-corrected chi connectivity index (χ1v) is 5.28. The van der Waals surface area contributed by atoms with E-state index in [0.29, 0.717) is 0 Å². The van der Waals surface area contributed by atoms with Crippen molar-refractivity contribution in [3.8, 4) is 5.75 Å². The molecule has 0 fully saturated rings. The highest BCUT2D eigenvalue weighted by molar-refractivity contribution is 6.18. The number of anilines is 1. The van der Waals surface area contributed by atoms with Gasteiger partial charge in [-0.25, -0.2) is 4.39 Å². The standard InChI is InChI=1S/C10H11ClF3NO2/c11-4-7(16)5-15-8-3-6(12)1-2-9(8)17-10(13)14/h1-3,7,10,15-16H,4-5H2. The summed E-state index contributed by atoms with van der Waals surface area (Å²) in [7, 11) is 0. The average molecular weight is 270 g/mol. The molecule has 2 N–H and O–H groups in total. The second kappa shape index (κ2) is 6.56. The van der Waals surface area contributed by atoms with Gasteiger partial charge in [-0.2, -0.15) is 8.78 Å². The molecule has 0 saturated heterocycles. The summed E-state index contributed by atoms with van der Waals surface area (Å²) in [6.45, 7) is -2.99. The zero-order valence-corrected chi connectivity index (χ0v) is 9.42. The Kier molecular flexibility index (Phi) is 5.37. The van der Waals surface area contributed by atoms with E-state index in [1.165, 1.54) is 0 Å². The van der Waals surface area contributed by atoms with E-state index in [2.05, 4.69) is 10.1 Å². The molecule has 0 aromatic heterocycles. The number of hydrogen-bond acceptors (Lipinski definition) is 3. The Bertz CT molecular complexity index is 365. The third kappa shape index (κ3) is 4.70. The molecule has 0 heterocycles. The topological polar surface area (TPSA) is 41.5 Å². The fourth-order valence-electron chi connectivity index (χ4n) is 1.12. The number of ether oxygens (including phenoxy) is 1. The Hall–Kier alpha value is -1.14. The minimum atomic E-state index is -3.00. The molecule has 96 valence electrons. The highest BCUT2D eigenvalue weighted by Gasteiger charge is 2.11. The van der Waals surface area contributed by atoms with Crippen LogP contribution >= 0.6 is 11.6 Å². The van der Waals surface area contributed by atoms with Crippen LogP contribution in [0.15, 0.2) is 18.2 Å². The van der Waals surface area contributed by atoms with Gasteiger partial charge in [-0.15, -0.1) is 11.6 Å². The van der Waals surface area contributed by atoms with E-state index < -0.39 is 18.5 Å². The Morgan fingerprint density at radius 3 is 2.71 bits per heavy atom. The molecule has 17 heavy (non-hydrogen) atoms. The lowest BCUT2D eigenvalue weighted by molar-refractivity contribution is -0.0494. The first-order chi connectivity index (χ1) is 8.02. The van der Waals surface area contributed by atoms with Crippen molar-refractivity contribution in [3.63, 3.8) is 0 Å². The van der Waals surface area contributed by atoms with Gasteiger partial charge in [-0.05, 0) is 12.1 Å². The first-order valence-electron chi connectivity index (χ1n) is 4.75. The van der Waals surface area contributed by atoms with Crippen molar-refractivity contribution < 1.29 is 23.0 Å². The number of hydrogen-bond donors (Lipinski definition) is 2. The smallest absolute Gasteiger partial charge is 0.387 e. The predicted molar refractivity (Wildman–Crippen MR) is 58.2 cm³/mol. The average Bonchev–Trinajstić information content (AvgIpc) is 2.28. The molecular weight excluding hydrogens is 259 g/mol. The summed E-state index contributed by atoms with van der Waals surface area (Å²) in [6, 6.07) is 3.08. The molecule has 0 radical (unpaired) electrons. The summed E-state index contributed by atoms with van der Waals surface area (Å²) in [6.07, 6.45) is -0.862. The molecule has 1 aromatic rings. The van der Waals surface area contributed by atoms with E-state index in [-0.39, 0.29) is 23.9 Å². The van der Waals surface area contributed by atoms with Crippen LogP contribution in [0.3, 0.4) is 0 Å². The number of nitrogens with one attached hydrogen (secondary N) is 1. The van der Waals surface area contributed by atoms with E-state index in [9.17, 15) is 18.3 Å². The van der Waals surface area contributed by atoms with Gasteiger partial charge in [0, 0.05) is 12.6 Å². The number of alkyl halides is 3. The van der Waals surface area contributed by atoms with Gasteiger partial charge in [0.15, 0.2) is 0 Å². The van der Waals surface area contributed by atoms with Crippen LogP contribution in [0, 0.1) is 5.82 Å². The Morgan fingerprint density at radius 1 is 1.41 bits per heavy atom. The predicted octanol–water partition coefficient (Wildman–Crippen LogP) is 2.44. The Labute approximate surface area is 101 Å². The number of aliphatic hydroxyl groups excluding tert-OH is 1. The lowest BCUT2D eigenvalue weighted by Crippen LogP contribution is -2.21. The van der Waals surface area contributed by atoms with Gasteiger partial charge >= 0.3 is 6.61 Å². The molecule has 0 aliphatic rings. The lowest BCUT2D eigenvalue weighted by Gasteiger charge is -2.14. The molecule has 7 heteroatoms. The monoisotopic (exact) mass is 269 g/mol. The van der Waals surface area contributed by atoms with Crippen LogP contribution in [0.2, 0.25) is 0 Å². The largest absolute Gasteiger partial charge is 0.433 e. The van der Waals surface area contributed by atoms with Gasteiger partial charge < -0.3 is 15.2 Å². The molecular formula is C10H11ClF3NO2. The maximum atomic E-state index is 12.9. The molecule has 0 aliphatic carbocycles. The zero-order valence-electron chi connectivity index (χ0n) is 8.67. The van der Waals surface area contributed by atoms with E-state index >= 15 is 0 Å². The number of halogens is 4. The molecule has 0 bridgehead atoms. The van der Waals surface area contributed by atoms with E-state index in [1.54, 1.807) is 0 Å². The van der Waals surface area contributed by atoms with Gasteiger partial charge in [0.1, 0.15) is 11.6 Å². The summed E-state index contributed by atoms with van der Waals surface area (Å²) in [4.78, 5) is 0. The van der Waals surface area contributed by atoms with E-state index in [4.69, 9.17) is 11.6 Å². The maximum Gasteiger partial charge on any atom is 0.387 e. The van der Waals surface area contributed by atoms with Crippen LogP contribution in [-0.2, 0) is 0 Å². The van der Waals surface area contributed by atoms with Crippen molar-refractivity contribution in [2.24, 2.45) is 0 Å². The van der Waals surface area contributed by atoms with Crippen molar-refractivity contribution in [2.75, 3.05) is 17.7 Å². The number of benzene rings is 1. The molecule has 0 amide bonds. The third-order valence-electron chi connectivity index (χ3n) is 1.86. The second-order valence-electron chi connectivity index (χ2n) is 3.21. The molecule has 1 atom stereocenters. The van der Waals surface area contributed by atoms with Crippen molar-refractivity contribution in [3.05, 3.63) is 24.0 Å². The van der Waals surface area contributed by atoms with Gasteiger partial charge in [0.2, 0.25) is 0 Å². The highest BCUT2D eigenvalue weighted by atomic mass is 35.5. The molecule has 1 unspecified atom stereocenters. The molecule has 0 saturated carbocycles. The molecule has 3 nitrogen and oxygen atoms in total. The molecule has 0 aliphatic heterocycles. The number of rotatable bonds is 6. The van der Waals surface area contributed by atoms with Crippen LogP contribution in [0.1, 0.15) is 0 Å². The maximum absolute atomic E-state index is 12.9. The van der Waals surface area contributed by atoms with E-state index in [0.717, 1.165) is 18.2 Å². The number of aliphatic hydroxyl groups is 1. The lowest BCUT2D eigenvalue weighted by atomic mass is 10.2. The highest BCUT2D eigenvalue weighted by Crippen LogP contribution is 2.26. The van der Waals surface area contributed by atoms with Crippen molar-refractivity contribution in [1.29, 1.82) is 0 Å². The Balaban J connectivity index is 2.76. The van der Waals surface area contributed by atoms with Crippen LogP contribution in [0.4, 0.5) is 18.9 Å². The minimum absolute atomic E-state index is 0.00650. The second-order valence-corrected chi connectivity index (χ2v) is 3.52. The van der Waals surface area contributed by atoms with Crippen LogP contribution in [0.25, 0.3) is 0 Å². The van der Waals surface area contributed by atoms with Crippen LogP contribution < -0.4 is 10.1 Å². The molecule has 1 rings (SSSR count). The van der Waals surface area contributed by atoms with Gasteiger partial charge in [0.25, 0.3) is 0 Å². The van der Waals surface area contributed by atoms with Crippen LogP contribution in [-0.4, -0.2) is 30.2 Å². The van der Waals surface area contributed by atoms with Crippen molar-refractivity contribution >= 4 is 17.3 Å².